The van der Waals surface area contributed by atoms with Gasteiger partial charge >= 0.3 is 6.09 Å². The molecule has 1 aliphatic rings. The Bertz CT molecular complexity index is 774. The van der Waals surface area contributed by atoms with Crippen LogP contribution in [0.2, 0.25) is 5.02 Å². The number of amides is 1. The molecule has 0 aromatic heterocycles. The van der Waals surface area contributed by atoms with Crippen molar-refractivity contribution in [2.24, 2.45) is 11.7 Å². The predicted octanol–water partition coefficient (Wildman–Crippen LogP) is 4.44. The molecule has 1 amide bonds. The molecule has 6 heteroatoms. The predicted molar refractivity (Wildman–Crippen MR) is 111 cm³/mol. The zero-order chi connectivity index (χ0) is 19.9. The molecule has 1 fully saturated rings. The Labute approximate surface area is 171 Å². The Hall–Kier alpha value is -2.24. The molecule has 1 saturated heterocycles. The maximum Gasteiger partial charge on any atom is 0.405 e. The second kappa shape index (κ2) is 9.80. The first-order valence-corrected chi connectivity index (χ1v) is 9.98. The van der Waals surface area contributed by atoms with Gasteiger partial charge in [-0.15, -0.1) is 0 Å². The number of benzene rings is 2. The number of carbonyl (C=O) groups is 1. The van der Waals surface area contributed by atoms with E-state index in [1.54, 1.807) is 13.2 Å². The maximum absolute atomic E-state index is 11.4. The molecule has 2 aromatic carbocycles. The number of rotatable bonds is 7. The zero-order valence-electron chi connectivity index (χ0n) is 16.1. The van der Waals surface area contributed by atoms with Crippen LogP contribution in [0, 0.1) is 5.92 Å². The number of ether oxygens (including phenoxy) is 2. The van der Waals surface area contributed by atoms with Gasteiger partial charge < -0.3 is 15.2 Å². The summed E-state index contributed by atoms with van der Waals surface area (Å²) in [5.74, 6) is 1.54. The Morgan fingerprint density at radius 2 is 1.86 bits per heavy atom. The molecule has 0 saturated carbocycles. The molecule has 0 spiro atoms. The van der Waals surface area contributed by atoms with Gasteiger partial charge in [-0.3, -0.25) is 4.90 Å². The second-order valence-electron chi connectivity index (χ2n) is 7.24. The normalized spacial score (nSPS) is 16.5. The van der Waals surface area contributed by atoms with Crippen LogP contribution >= 0.6 is 11.6 Å². The molecule has 0 radical (unpaired) electrons. The Morgan fingerprint density at radius 3 is 2.46 bits per heavy atom. The molecule has 1 unspecified atom stereocenters. The third-order valence-electron chi connectivity index (χ3n) is 5.33. The minimum Gasteiger partial charge on any atom is -0.497 e. The van der Waals surface area contributed by atoms with Gasteiger partial charge in [-0.05, 0) is 62.0 Å². The van der Waals surface area contributed by atoms with E-state index in [1.165, 1.54) is 5.56 Å². The third kappa shape index (κ3) is 5.63. The van der Waals surface area contributed by atoms with E-state index in [1.807, 2.05) is 30.3 Å². The molecule has 3 rings (SSSR count). The van der Waals surface area contributed by atoms with Crippen LogP contribution < -0.4 is 10.5 Å². The summed E-state index contributed by atoms with van der Waals surface area (Å²) >= 11 is 6.30. The van der Waals surface area contributed by atoms with Crippen LogP contribution in [-0.4, -0.2) is 37.7 Å². The maximum atomic E-state index is 11.4. The molecule has 28 heavy (non-hydrogen) atoms. The number of hydrogen-bond donors (Lipinski definition) is 1. The minimum atomic E-state index is -0.778. The van der Waals surface area contributed by atoms with Crippen LogP contribution in [0.3, 0.4) is 0 Å². The van der Waals surface area contributed by atoms with Crippen molar-refractivity contribution in [1.29, 1.82) is 0 Å². The molecular weight excluding hydrogens is 376 g/mol. The van der Waals surface area contributed by atoms with E-state index >= 15 is 0 Å². The van der Waals surface area contributed by atoms with Gasteiger partial charge in [0, 0.05) is 17.1 Å². The van der Waals surface area contributed by atoms with Crippen molar-refractivity contribution in [1.82, 2.24) is 4.90 Å². The quantitative estimate of drug-likeness (QED) is 0.743. The highest BCUT2D eigenvalue weighted by Gasteiger charge is 2.25. The lowest BCUT2D eigenvalue weighted by molar-refractivity contribution is 0.0636. The van der Waals surface area contributed by atoms with E-state index in [-0.39, 0.29) is 0 Å². The van der Waals surface area contributed by atoms with Gasteiger partial charge in [0.05, 0.1) is 7.11 Å². The van der Waals surface area contributed by atoms with Gasteiger partial charge in [-0.1, -0.05) is 41.9 Å². The molecule has 2 N–H and O–H groups in total. The average Bonchev–Trinajstić information content (AvgIpc) is 2.69. The third-order valence-corrected chi connectivity index (χ3v) is 5.67. The molecule has 0 bridgehead atoms. The molecule has 0 aliphatic carbocycles. The Balaban J connectivity index is 1.55. The molecule has 150 valence electrons. The first-order chi connectivity index (χ1) is 13.5. The van der Waals surface area contributed by atoms with Crippen LogP contribution in [0.25, 0.3) is 0 Å². The van der Waals surface area contributed by atoms with E-state index < -0.39 is 12.2 Å². The topological polar surface area (TPSA) is 64.8 Å². The number of carbonyl (C=O) groups excluding carboxylic acids is 1. The van der Waals surface area contributed by atoms with Crippen molar-refractivity contribution in [2.75, 3.05) is 26.7 Å². The smallest absolute Gasteiger partial charge is 0.405 e. The SMILES string of the molecule is COc1ccc(CC2CCN(CC(OC(N)=O)c3ccccc3Cl)CC2)cc1. The summed E-state index contributed by atoms with van der Waals surface area (Å²) in [5, 5.41) is 0.586. The zero-order valence-corrected chi connectivity index (χ0v) is 16.9. The van der Waals surface area contributed by atoms with Crippen LogP contribution in [0.5, 0.6) is 5.75 Å². The van der Waals surface area contributed by atoms with E-state index in [0.717, 1.165) is 43.7 Å². The van der Waals surface area contributed by atoms with E-state index in [0.29, 0.717) is 17.5 Å². The van der Waals surface area contributed by atoms with Gasteiger partial charge in [0.1, 0.15) is 11.9 Å². The molecular formula is C22H27ClN2O3. The summed E-state index contributed by atoms with van der Waals surface area (Å²) in [6.45, 7) is 2.52. The summed E-state index contributed by atoms with van der Waals surface area (Å²) in [5.41, 5.74) is 7.42. The summed E-state index contributed by atoms with van der Waals surface area (Å²) in [6, 6.07) is 15.7. The summed E-state index contributed by atoms with van der Waals surface area (Å²) in [6.07, 6.45) is 2.06. The van der Waals surface area contributed by atoms with Crippen LogP contribution in [0.15, 0.2) is 48.5 Å². The highest BCUT2D eigenvalue weighted by atomic mass is 35.5. The van der Waals surface area contributed by atoms with Crippen LogP contribution in [0.4, 0.5) is 4.79 Å². The molecule has 1 aliphatic heterocycles. The van der Waals surface area contributed by atoms with Gasteiger partial charge in [0.2, 0.25) is 0 Å². The lowest BCUT2D eigenvalue weighted by atomic mass is 9.90. The Kier molecular flexibility index (Phi) is 7.18. The van der Waals surface area contributed by atoms with Gasteiger partial charge in [0.25, 0.3) is 0 Å². The van der Waals surface area contributed by atoms with Crippen molar-refractivity contribution in [3.63, 3.8) is 0 Å². The number of nitrogens with zero attached hydrogens (tertiary/aromatic N) is 1. The standard InChI is InChI=1S/C22H27ClN2O3/c1-27-18-8-6-16(7-9-18)14-17-10-12-25(13-11-17)15-21(28-22(24)26)19-4-2-3-5-20(19)23/h2-9,17,21H,10-15H2,1H3,(H2,24,26). The van der Waals surface area contributed by atoms with Gasteiger partial charge in [-0.25, -0.2) is 4.79 Å². The van der Waals surface area contributed by atoms with Gasteiger partial charge in [0.15, 0.2) is 0 Å². The Morgan fingerprint density at radius 1 is 1.18 bits per heavy atom. The van der Waals surface area contributed by atoms with E-state index in [9.17, 15) is 4.79 Å². The lowest BCUT2D eigenvalue weighted by Crippen LogP contribution is -2.38. The largest absolute Gasteiger partial charge is 0.497 e. The highest BCUT2D eigenvalue weighted by Crippen LogP contribution is 2.29. The first-order valence-electron chi connectivity index (χ1n) is 9.61. The summed E-state index contributed by atoms with van der Waals surface area (Å²) in [7, 11) is 1.68. The van der Waals surface area contributed by atoms with Crippen molar-refractivity contribution in [2.45, 2.75) is 25.4 Å². The van der Waals surface area contributed by atoms with Gasteiger partial charge in [-0.2, -0.15) is 0 Å². The first kappa shape index (κ1) is 20.5. The number of nitrogens with two attached hydrogens (primary N) is 1. The lowest BCUT2D eigenvalue weighted by Gasteiger charge is -2.34. The second-order valence-corrected chi connectivity index (χ2v) is 7.65. The molecule has 5 nitrogen and oxygen atoms in total. The number of hydrogen-bond acceptors (Lipinski definition) is 4. The van der Waals surface area contributed by atoms with E-state index in [4.69, 9.17) is 26.8 Å². The van der Waals surface area contributed by atoms with E-state index in [2.05, 4.69) is 17.0 Å². The number of methoxy groups -OCH3 is 1. The number of piperidine rings is 1. The fraction of sp³-hybridized carbons (Fsp3) is 0.409. The molecule has 1 heterocycles. The number of likely N-dealkylation sites (tertiary alicyclic amines) is 1. The molecule has 1 atom stereocenters. The molecule has 2 aromatic rings. The number of primary amides is 1. The monoisotopic (exact) mass is 402 g/mol. The van der Waals surface area contributed by atoms with Crippen molar-refractivity contribution >= 4 is 17.7 Å². The fourth-order valence-electron chi connectivity index (χ4n) is 3.78. The van der Waals surface area contributed by atoms with Crippen LogP contribution in [0.1, 0.15) is 30.1 Å². The summed E-state index contributed by atoms with van der Waals surface area (Å²) in [4.78, 5) is 13.7. The van der Waals surface area contributed by atoms with Crippen molar-refractivity contribution in [3.8, 4) is 5.75 Å². The minimum absolute atomic E-state index is 0.454. The van der Waals surface area contributed by atoms with Crippen molar-refractivity contribution < 1.29 is 14.3 Å². The van der Waals surface area contributed by atoms with Crippen molar-refractivity contribution in [3.05, 3.63) is 64.7 Å². The fourth-order valence-corrected chi connectivity index (χ4v) is 4.04. The summed E-state index contributed by atoms with van der Waals surface area (Å²) < 4.78 is 10.6. The average molecular weight is 403 g/mol. The van der Waals surface area contributed by atoms with Crippen LogP contribution in [-0.2, 0) is 11.2 Å². The number of halogens is 1. The highest BCUT2D eigenvalue weighted by molar-refractivity contribution is 6.31.